The lowest BCUT2D eigenvalue weighted by molar-refractivity contribution is 0.343. The number of nitrogens with zero attached hydrogens (tertiary/aromatic N) is 4. The third-order valence-electron chi connectivity index (χ3n) is 3.49. The van der Waals surface area contributed by atoms with E-state index in [1.54, 1.807) is 17.8 Å². The number of piperidine rings is 1. The van der Waals surface area contributed by atoms with Crippen LogP contribution in [0.4, 0.5) is 5.69 Å². The SMILES string of the molecule is Cn1cnc(S(=O)(=O)Nc2cnn(C3CCNCC3)c2)c1. The Labute approximate surface area is 123 Å². The normalized spacial score (nSPS) is 17.0. The first-order valence-electron chi connectivity index (χ1n) is 6.80. The molecule has 21 heavy (non-hydrogen) atoms. The van der Waals surface area contributed by atoms with Crippen LogP contribution in [-0.4, -0.2) is 40.8 Å². The molecule has 2 N–H and O–H groups in total. The third-order valence-corrected chi connectivity index (χ3v) is 4.76. The van der Waals surface area contributed by atoms with Crippen LogP contribution in [0.1, 0.15) is 18.9 Å². The fourth-order valence-electron chi connectivity index (χ4n) is 2.40. The number of aromatic nitrogens is 4. The Kier molecular flexibility index (Phi) is 3.68. The van der Waals surface area contributed by atoms with Crippen LogP contribution >= 0.6 is 0 Å². The van der Waals surface area contributed by atoms with Crippen molar-refractivity contribution < 1.29 is 8.42 Å². The number of sulfonamides is 1. The first kappa shape index (κ1) is 14.1. The summed E-state index contributed by atoms with van der Waals surface area (Å²) < 4.78 is 30.3. The smallest absolute Gasteiger partial charge is 0.281 e. The van der Waals surface area contributed by atoms with E-state index in [9.17, 15) is 8.42 Å². The molecule has 9 heteroatoms. The molecule has 3 heterocycles. The van der Waals surface area contributed by atoms with E-state index in [0.717, 1.165) is 25.9 Å². The molecule has 0 aliphatic carbocycles. The van der Waals surface area contributed by atoms with Crippen molar-refractivity contribution in [2.45, 2.75) is 23.9 Å². The topological polar surface area (TPSA) is 93.8 Å². The summed E-state index contributed by atoms with van der Waals surface area (Å²) in [5.41, 5.74) is 0.458. The largest absolute Gasteiger partial charge is 0.339 e. The zero-order valence-corrected chi connectivity index (χ0v) is 12.5. The van der Waals surface area contributed by atoms with E-state index in [1.165, 1.54) is 18.7 Å². The molecule has 1 fully saturated rings. The van der Waals surface area contributed by atoms with Crippen LogP contribution in [0.5, 0.6) is 0 Å². The maximum atomic E-state index is 12.2. The van der Waals surface area contributed by atoms with Gasteiger partial charge in [-0.3, -0.25) is 9.40 Å². The average molecular weight is 310 g/mol. The van der Waals surface area contributed by atoms with Gasteiger partial charge in [0, 0.05) is 19.4 Å². The Bertz CT molecular complexity index is 714. The van der Waals surface area contributed by atoms with Crippen molar-refractivity contribution >= 4 is 15.7 Å². The average Bonchev–Trinajstić information content (AvgIpc) is 3.09. The summed E-state index contributed by atoms with van der Waals surface area (Å²) in [6.07, 6.45) is 8.16. The van der Waals surface area contributed by atoms with Crippen LogP contribution in [0.2, 0.25) is 0 Å². The van der Waals surface area contributed by atoms with Gasteiger partial charge >= 0.3 is 0 Å². The molecule has 0 aromatic carbocycles. The summed E-state index contributed by atoms with van der Waals surface area (Å²) in [6.45, 7) is 1.92. The number of nitrogens with one attached hydrogen (secondary N) is 2. The molecule has 1 saturated heterocycles. The van der Waals surface area contributed by atoms with Crippen molar-refractivity contribution in [2.24, 2.45) is 7.05 Å². The van der Waals surface area contributed by atoms with Gasteiger partial charge in [-0.15, -0.1) is 0 Å². The van der Waals surface area contributed by atoms with Gasteiger partial charge in [0.25, 0.3) is 10.0 Å². The maximum absolute atomic E-state index is 12.2. The molecule has 0 spiro atoms. The highest BCUT2D eigenvalue weighted by molar-refractivity contribution is 7.92. The quantitative estimate of drug-likeness (QED) is 0.849. The maximum Gasteiger partial charge on any atom is 0.281 e. The molecule has 0 amide bonds. The molecule has 2 aromatic heterocycles. The van der Waals surface area contributed by atoms with Gasteiger partial charge in [-0.2, -0.15) is 13.5 Å². The summed E-state index contributed by atoms with van der Waals surface area (Å²) in [4.78, 5) is 3.86. The second kappa shape index (κ2) is 5.49. The highest BCUT2D eigenvalue weighted by Gasteiger charge is 2.20. The number of rotatable bonds is 4. The number of aryl methyl sites for hydroxylation is 1. The number of hydrogen-bond acceptors (Lipinski definition) is 5. The van der Waals surface area contributed by atoms with Crippen molar-refractivity contribution in [2.75, 3.05) is 17.8 Å². The highest BCUT2D eigenvalue weighted by Crippen LogP contribution is 2.20. The summed E-state index contributed by atoms with van der Waals surface area (Å²) in [5, 5.41) is 7.55. The van der Waals surface area contributed by atoms with Crippen LogP contribution in [0, 0.1) is 0 Å². The van der Waals surface area contributed by atoms with E-state index in [4.69, 9.17) is 0 Å². The molecule has 114 valence electrons. The Hall–Kier alpha value is -1.87. The zero-order valence-electron chi connectivity index (χ0n) is 11.7. The number of anilines is 1. The van der Waals surface area contributed by atoms with Gasteiger partial charge in [0.2, 0.25) is 0 Å². The van der Waals surface area contributed by atoms with Crippen LogP contribution in [-0.2, 0) is 17.1 Å². The van der Waals surface area contributed by atoms with Crippen LogP contribution < -0.4 is 10.0 Å². The number of imidazole rings is 1. The Morgan fingerprint density at radius 3 is 2.76 bits per heavy atom. The minimum Gasteiger partial charge on any atom is -0.339 e. The van der Waals surface area contributed by atoms with Crippen LogP contribution in [0.25, 0.3) is 0 Å². The van der Waals surface area contributed by atoms with Gasteiger partial charge in [0.15, 0.2) is 5.03 Å². The fraction of sp³-hybridized carbons (Fsp3) is 0.500. The monoisotopic (exact) mass is 310 g/mol. The Morgan fingerprint density at radius 1 is 1.33 bits per heavy atom. The number of hydrogen-bond donors (Lipinski definition) is 2. The van der Waals surface area contributed by atoms with E-state index in [2.05, 4.69) is 20.1 Å². The molecule has 0 bridgehead atoms. The van der Waals surface area contributed by atoms with Gasteiger partial charge in [0.05, 0.1) is 24.3 Å². The van der Waals surface area contributed by atoms with E-state index < -0.39 is 10.0 Å². The molecule has 1 aliphatic rings. The van der Waals surface area contributed by atoms with Crippen LogP contribution in [0.15, 0.2) is 29.9 Å². The van der Waals surface area contributed by atoms with E-state index in [-0.39, 0.29) is 5.03 Å². The zero-order chi connectivity index (χ0) is 14.9. The molecule has 0 atom stereocenters. The highest BCUT2D eigenvalue weighted by atomic mass is 32.2. The summed E-state index contributed by atoms with van der Waals surface area (Å²) in [7, 11) is -1.93. The first-order valence-corrected chi connectivity index (χ1v) is 8.28. The van der Waals surface area contributed by atoms with Gasteiger partial charge < -0.3 is 9.88 Å². The molecule has 2 aromatic rings. The molecule has 1 aliphatic heterocycles. The lowest BCUT2D eigenvalue weighted by atomic mass is 10.1. The van der Waals surface area contributed by atoms with Crippen molar-refractivity contribution in [3.8, 4) is 0 Å². The predicted octanol–water partition coefficient (Wildman–Crippen LogP) is 0.342. The molecule has 0 radical (unpaired) electrons. The van der Waals surface area contributed by atoms with Gasteiger partial charge in [-0.05, 0) is 25.9 Å². The second-order valence-corrected chi connectivity index (χ2v) is 6.80. The Morgan fingerprint density at radius 2 is 2.10 bits per heavy atom. The summed E-state index contributed by atoms with van der Waals surface area (Å²) in [6, 6.07) is 0.319. The van der Waals surface area contributed by atoms with Gasteiger partial charge in [-0.25, -0.2) is 4.98 Å². The fourth-order valence-corrected chi connectivity index (χ4v) is 3.41. The van der Waals surface area contributed by atoms with E-state index in [0.29, 0.717) is 11.7 Å². The summed E-state index contributed by atoms with van der Waals surface area (Å²) >= 11 is 0. The minimum atomic E-state index is -3.66. The minimum absolute atomic E-state index is 0.000355. The lowest BCUT2D eigenvalue weighted by Crippen LogP contribution is -2.29. The molecule has 0 unspecified atom stereocenters. The van der Waals surface area contributed by atoms with E-state index in [1.807, 2.05) is 4.68 Å². The molecular weight excluding hydrogens is 292 g/mol. The van der Waals surface area contributed by atoms with Crippen LogP contribution in [0.3, 0.4) is 0 Å². The van der Waals surface area contributed by atoms with Crippen molar-refractivity contribution in [1.29, 1.82) is 0 Å². The van der Waals surface area contributed by atoms with Gasteiger partial charge in [-0.1, -0.05) is 0 Å². The molecular formula is C12H18N6O2S. The van der Waals surface area contributed by atoms with Crippen molar-refractivity contribution in [1.82, 2.24) is 24.6 Å². The van der Waals surface area contributed by atoms with Crippen molar-refractivity contribution in [3.63, 3.8) is 0 Å². The van der Waals surface area contributed by atoms with E-state index >= 15 is 0 Å². The second-order valence-electron chi connectivity index (χ2n) is 5.17. The van der Waals surface area contributed by atoms with Crippen molar-refractivity contribution in [3.05, 3.63) is 24.9 Å². The van der Waals surface area contributed by atoms with Gasteiger partial charge in [0.1, 0.15) is 0 Å². The standard InChI is InChI=1S/C12H18N6O2S/c1-17-8-12(14-9-17)21(19,20)16-10-6-15-18(7-10)11-2-4-13-5-3-11/h6-9,11,13,16H,2-5H2,1H3. The predicted molar refractivity (Wildman–Crippen MR) is 77.4 cm³/mol. The lowest BCUT2D eigenvalue weighted by Gasteiger charge is -2.22. The third kappa shape index (κ3) is 3.08. The Balaban J connectivity index is 1.74. The summed E-state index contributed by atoms with van der Waals surface area (Å²) in [5.74, 6) is 0. The molecule has 3 rings (SSSR count). The first-order chi connectivity index (χ1) is 10.0. The molecule has 8 nitrogen and oxygen atoms in total. The molecule has 0 saturated carbocycles.